The van der Waals surface area contributed by atoms with Gasteiger partial charge >= 0.3 is 0 Å². The molecule has 6 heteroatoms. The maximum absolute atomic E-state index is 11.1. The van der Waals surface area contributed by atoms with Crippen molar-refractivity contribution in [3.8, 4) is 0 Å². The molecule has 0 amide bonds. The van der Waals surface area contributed by atoms with Gasteiger partial charge in [-0.05, 0) is 12.8 Å². The molecule has 1 saturated carbocycles. The van der Waals surface area contributed by atoms with E-state index in [-0.39, 0.29) is 12.0 Å². The molecule has 0 atom stereocenters. The molecular weight excluding hydrogens is 192 g/mol. The van der Waals surface area contributed by atoms with Gasteiger partial charge in [0.25, 0.3) is 10.1 Å². The SMILES string of the molecule is NNCS(=O)(=O)OC1CCCCC1. The normalized spacial score (nSPS) is 20.4. The lowest BCUT2D eigenvalue weighted by Gasteiger charge is -2.21. The summed E-state index contributed by atoms with van der Waals surface area (Å²) in [5.74, 6) is 4.59. The van der Waals surface area contributed by atoms with E-state index in [1.165, 1.54) is 6.42 Å². The summed E-state index contributed by atoms with van der Waals surface area (Å²) < 4.78 is 27.2. The third-order valence-electron chi connectivity index (χ3n) is 2.10. The summed E-state index contributed by atoms with van der Waals surface area (Å²) in [6.45, 7) is 0. The maximum Gasteiger partial charge on any atom is 0.282 e. The zero-order chi connectivity index (χ0) is 9.73. The molecule has 0 aromatic carbocycles. The Morgan fingerprint density at radius 3 is 2.46 bits per heavy atom. The number of nitrogens with one attached hydrogen (secondary N) is 1. The van der Waals surface area contributed by atoms with Crippen molar-refractivity contribution < 1.29 is 12.6 Å². The summed E-state index contributed by atoms with van der Waals surface area (Å²) in [5, 5.41) is 0. The predicted molar refractivity (Wildman–Crippen MR) is 49.1 cm³/mol. The lowest BCUT2D eigenvalue weighted by molar-refractivity contribution is 0.161. The summed E-state index contributed by atoms with van der Waals surface area (Å²) in [7, 11) is -3.47. The fourth-order valence-electron chi connectivity index (χ4n) is 1.50. The van der Waals surface area contributed by atoms with Gasteiger partial charge in [0.15, 0.2) is 0 Å². The number of nitrogens with two attached hydrogens (primary N) is 1. The van der Waals surface area contributed by atoms with E-state index in [0.29, 0.717) is 0 Å². The van der Waals surface area contributed by atoms with Gasteiger partial charge in [-0.15, -0.1) is 0 Å². The summed E-state index contributed by atoms with van der Waals surface area (Å²) in [6.07, 6.45) is 4.82. The van der Waals surface area contributed by atoms with Crippen molar-refractivity contribution in [1.29, 1.82) is 0 Å². The standard InChI is InChI=1S/C7H16N2O3S/c8-9-6-13(10,11)12-7-4-2-1-3-5-7/h7,9H,1-6,8H2. The van der Waals surface area contributed by atoms with Crippen LogP contribution in [0.25, 0.3) is 0 Å². The quantitative estimate of drug-likeness (QED) is 0.388. The Bertz CT molecular complexity index is 234. The van der Waals surface area contributed by atoms with Crippen LogP contribution in [0.3, 0.4) is 0 Å². The molecule has 13 heavy (non-hydrogen) atoms. The Morgan fingerprint density at radius 2 is 1.92 bits per heavy atom. The molecule has 0 bridgehead atoms. The first-order chi connectivity index (χ1) is 6.14. The predicted octanol–water partition coefficient (Wildman–Crippen LogP) is 0.0863. The number of hydrazine groups is 1. The lowest BCUT2D eigenvalue weighted by atomic mass is 9.98. The molecule has 0 heterocycles. The van der Waals surface area contributed by atoms with E-state index in [4.69, 9.17) is 10.0 Å². The minimum Gasteiger partial charge on any atom is -0.270 e. The van der Waals surface area contributed by atoms with Gasteiger partial charge in [0, 0.05) is 0 Å². The topological polar surface area (TPSA) is 81.4 Å². The van der Waals surface area contributed by atoms with Crippen LogP contribution in [0.5, 0.6) is 0 Å². The van der Waals surface area contributed by atoms with E-state index < -0.39 is 10.1 Å². The van der Waals surface area contributed by atoms with Crippen LogP contribution in [-0.4, -0.2) is 20.4 Å². The van der Waals surface area contributed by atoms with E-state index in [2.05, 4.69) is 5.43 Å². The molecule has 3 N–H and O–H groups in total. The molecule has 5 nitrogen and oxygen atoms in total. The molecule has 1 aliphatic rings. The van der Waals surface area contributed by atoms with E-state index in [1.54, 1.807) is 0 Å². The maximum atomic E-state index is 11.1. The third-order valence-corrected chi connectivity index (χ3v) is 3.18. The Kier molecular flexibility index (Phi) is 4.11. The van der Waals surface area contributed by atoms with Crippen molar-refractivity contribution in [2.75, 3.05) is 5.88 Å². The van der Waals surface area contributed by atoms with Gasteiger partial charge in [-0.25, -0.2) is 5.43 Å². The Labute approximate surface area is 78.7 Å². The van der Waals surface area contributed by atoms with Gasteiger partial charge in [-0.3, -0.25) is 10.0 Å². The van der Waals surface area contributed by atoms with Crippen molar-refractivity contribution in [2.24, 2.45) is 5.84 Å². The molecule has 1 fully saturated rings. The lowest BCUT2D eigenvalue weighted by Crippen LogP contribution is -2.32. The van der Waals surface area contributed by atoms with Crippen molar-refractivity contribution in [3.63, 3.8) is 0 Å². The average Bonchev–Trinajstić information content (AvgIpc) is 2.04. The first-order valence-electron chi connectivity index (χ1n) is 4.48. The molecule has 0 aliphatic heterocycles. The summed E-state index contributed by atoms with van der Waals surface area (Å²) in [5.41, 5.74) is 2.08. The van der Waals surface area contributed by atoms with Crippen molar-refractivity contribution in [3.05, 3.63) is 0 Å². The highest BCUT2D eigenvalue weighted by Crippen LogP contribution is 2.21. The van der Waals surface area contributed by atoms with Gasteiger partial charge in [0.2, 0.25) is 0 Å². The highest BCUT2D eigenvalue weighted by atomic mass is 32.2. The van der Waals surface area contributed by atoms with Gasteiger partial charge in [0.05, 0.1) is 6.10 Å². The van der Waals surface area contributed by atoms with E-state index in [0.717, 1.165) is 25.7 Å². The van der Waals surface area contributed by atoms with Crippen molar-refractivity contribution >= 4 is 10.1 Å². The smallest absolute Gasteiger partial charge is 0.270 e. The van der Waals surface area contributed by atoms with Gasteiger partial charge in [0.1, 0.15) is 5.88 Å². The zero-order valence-corrected chi connectivity index (χ0v) is 8.35. The second-order valence-electron chi connectivity index (χ2n) is 3.26. The van der Waals surface area contributed by atoms with E-state index >= 15 is 0 Å². The van der Waals surface area contributed by atoms with Crippen LogP contribution < -0.4 is 11.3 Å². The van der Waals surface area contributed by atoms with Gasteiger partial charge < -0.3 is 0 Å². The molecule has 1 aliphatic carbocycles. The zero-order valence-electron chi connectivity index (χ0n) is 7.53. The van der Waals surface area contributed by atoms with Crippen LogP contribution in [0.2, 0.25) is 0 Å². The fourth-order valence-corrected chi connectivity index (χ4v) is 2.38. The molecule has 0 saturated heterocycles. The van der Waals surface area contributed by atoms with Crippen LogP contribution in [0.4, 0.5) is 0 Å². The molecule has 0 aromatic rings. The minimum absolute atomic E-state index is 0.132. The van der Waals surface area contributed by atoms with Crippen LogP contribution in [-0.2, 0) is 14.3 Å². The molecule has 78 valence electrons. The van der Waals surface area contributed by atoms with E-state index in [9.17, 15) is 8.42 Å². The first kappa shape index (κ1) is 10.9. The highest BCUT2D eigenvalue weighted by molar-refractivity contribution is 7.86. The molecule has 0 radical (unpaired) electrons. The molecule has 1 rings (SSSR count). The van der Waals surface area contributed by atoms with Gasteiger partial charge in [-0.1, -0.05) is 19.3 Å². The van der Waals surface area contributed by atoms with Crippen LogP contribution in [0, 0.1) is 0 Å². The second-order valence-corrected chi connectivity index (χ2v) is 4.86. The first-order valence-corrected chi connectivity index (χ1v) is 6.06. The van der Waals surface area contributed by atoms with Crippen molar-refractivity contribution in [1.82, 2.24) is 5.43 Å². The Balaban J connectivity index is 2.37. The summed E-state index contributed by atoms with van der Waals surface area (Å²) in [6, 6.07) is 0. The Hall–Kier alpha value is -0.170. The second kappa shape index (κ2) is 4.90. The highest BCUT2D eigenvalue weighted by Gasteiger charge is 2.20. The van der Waals surface area contributed by atoms with Crippen molar-refractivity contribution in [2.45, 2.75) is 38.2 Å². The molecular formula is C7H16N2O3S. The molecule has 0 aromatic heterocycles. The number of hydrogen-bond donors (Lipinski definition) is 2. The summed E-state index contributed by atoms with van der Waals surface area (Å²) in [4.78, 5) is 0. The van der Waals surface area contributed by atoms with Crippen LogP contribution in [0.15, 0.2) is 0 Å². The number of hydrogen-bond acceptors (Lipinski definition) is 5. The van der Waals surface area contributed by atoms with Gasteiger partial charge in [-0.2, -0.15) is 8.42 Å². The van der Waals surface area contributed by atoms with E-state index in [1.807, 2.05) is 0 Å². The average molecular weight is 208 g/mol. The van der Waals surface area contributed by atoms with Crippen LogP contribution >= 0.6 is 0 Å². The Morgan fingerprint density at radius 1 is 1.31 bits per heavy atom. The molecule has 0 unspecified atom stereocenters. The molecule has 0 spiro atoms. The van der Waals surface area contributed by atoms with Crippen LogP contribution in [0.1, 0.15) is 32.1 Å². The minimum atomic E-state index is -3.47. The third kappa shape index (κ3) is 4.04. The fraction of sp³-hybridized carbons (Fsp3) is 1.00. The number of rotatable bonds is 4. The largest absolute Gasteiger partial charge is 0.282 e. The summed E-state index contributed by atoms with van der Waals surface area (Å²) >= 11 is 0. The monoisotopic (exact) mass is 208 g/mol.